The number of amides is 4. The van der Waals surface area contributed by atoms with E-state index in [1.165, 1.54) is 0 Å². The zero-order valence-corrected chi connectivity index (χ0v) is 16.9. The summed E-state index contributed by atoms with van der Waals surface area (Å²) in [6, 6.07) is 17.7. The first-order chi connectivity index (χ1) is 14.0. The van der Waals surface area contributed by atoms with Gasteiger partial charge in [0.1, 0.15) is 6.54 Å². The van der Waals surface area contributed by atoms with Crippen molar-refractivity contribution in [3.63, 3.8) is 0 Å². The van der Waals surface area contributed by atoms with E-state index < -0.39 is 17.5 Å². The Kier molecular flexibility index (Phi) is 6.32. The van der Waals surface area contributed by atoms with Crippen molar-refractivity contribution < 1.29 is 14.4 Å². The standard InChI is InChI=1S/C23H27N3O3/c1-3-5-16-25(4-2)20(27)17-26-21(28)23(24-22(26)29,18-12-8-6-9-13-18)19-14-10-7-11-15-19/h6-15H,3-5,16-17H2,1-2H3,(H,24,29). The van der Waals surface area contributed by atoms with E-state index in [1.54, 1.807) is 4.90 Å². The van der Waals surface area contributed by atoms with Crippen molar-refractivity contribution in [3.05, 3.63) is 71.8 Å². The van der Waals surface area contributed by atoms with E-state index in [0.717, 1.165) is 17.7 Å². The third kappa shape index (κ3) is 3.88. The van der Waals surface area contributed by atoms with Crippen molar-refractivity contribution in [1.29, 1.82) is 0 Å². The summed E-state index contributed by atoms with van der Waals surface area (Å²) in [4.78, 5) is 41.9. The molecule has 1 N–H and O–H groups in total. The van der Waals surface area contributed by atoms with E-state index in [9.17, 15) is 14.4 Å². The third-order valence-electron chi connectivity index (χ3n) is 5.33. The molecule has 1 aliphatic heterocycles. The Bertz CT molecular complexity index is 828. The average molecular weight is 393 g/mol. The first-order valence-electron chi connectivity index (χ1n) is 10.1. The highest BCUT2D eigenvalue weighted by molar-refractivity contribution is 6.11. The molecule has 29 heavy (non-hydrogen) atoms. The normalized spacial score (nSPS) is 15.3. The molecule has 4 amide bonds. The number of unbranched alkanes of at least 4 members (excludes halogenated alkanes) is 1. The van der Waals surface area contributed by atoms with E-state index in [0.29, 0.717) is 24.2 Å². The summed E-state index contributed by atoms with van der Waals surface area (Å²) < 4.78 is 0. The maximum Gasteiger partial charge on any atom is 0.326 e. The molecule has 0 atom stereocenters. The SMILES string of the molecule is CCCCN(CC)C(=O)CN1C(=O)NC(c2ccccc2)(c2ccccc2)C1=O. The van der Waals surface area contributed by atoms with E-state index in [-0.39, 0.29) is 12.5 Å². The fraction of sp³-hybridized carbons (Fsp3) is 0.348. The molecular weight excluding hydrogens is 366 g/mol. The molecule has 0 saturated carbocycles. The van der Waals surface area contributed by atoms with Crippen molar-refractivity contribution in [1.82, 2.24) is 15.1 Å². The lowest BCUT2D eigenvalue weighted by Gasteiger charge is -2.28. The molecule has 6 nitrogen and oxygen atoms in total. The second-order valence-electron chi connectivity index (χ2n) is 7.13. The lowest BCUT2D eigenvalue weighted by Crippen LogP contribution is -2.46. The topological polar surface area (TPSA) is 69.7 Å². The van der Waals surface area contributed by atoms with Gasteiger partial charge in [-0.15, -0.1) is 0 Å². The van der Waals surface area contributed by atoms with Crippen LogP contribution in [0, 0.1) is 0 Å². The van der Waals surface area contributed by atoms with Crippen LogP contribution in [0.3, 0.4) is 0 Å². The molecule has 0 bridgehead atoms. The van der Waals surface area contributed by atoms with Crippen LogP contribution in [0.1, 0.15) is 37.8 Å². The van der Waals surface area contributed by atoms with Crippen molar-refractivity contribution in [3.8, 4) is 0 Å². The van der Waals surface area contributed by atoms with Gasteiger partial charge in [-0.2, -0.15) is 0 Å². The Morgan fingerprint density at radius 2 is 1.52 bits per heavy atom. The van der Waals surface area contributed by atoms with E-state index in [1.807, 2.05) is 67.6 Å². The maximum absolute atomic E-state index is 13.6. The molecular formula is C23H27N3O3. The van der Waals surface area contributed by atoms with Crippen LogP contribution in [0.2, 0.25) is 0 Å². The van der Waals surface area contributed by atoms with E-state index in [4.69, 9.17) is 0 Å². The molecule has 0 aromatic heterocycles. The second kappa shape index (κ2) is 8.90. The van der Waals surface area contributed by atoms with Crippen LogP contribution in [-0.4, -0.2) is 47.3 Å². The van der Waals surface area contributed by atoms with E-state index >= 15 is 0 Å². The number of rotatable bonds is 8. The number of nitrogens with one attached hydrogen (secondary N) is 1. The number of benzene rings is 2. The molecule has 3 rings (SSSR count). The molecule has 1 heterocycles. The summed E-state index contributed by atoms with van der Waals surface area (Å²) in [5.41, 5.74) is -0.00368. The number of imide groups is 1. The van der Waals surface area contributed by atoms with Gasteiger partial charge in [0, 0.05) is 13.1 Å². The summed E-state index contributed by atoms with van der Waals surface area (Å²) in [7, 11) is 0. The Morgan fingerprint density at radius 3 is 2.00 bits per heavy atom. The number of nitrogens with zero attached hydrogens (tertiary/aromatic N) is 2. The number of carbonyl (C=O) groups is 3. The number of carbonyl (C=O) groups excluding carboxylic acids is 3. The molecule has 0 spiro atoms. The molecule has 0 aliphatic carbocycles. The van der Waals surface area contributed by atoms with Gasteiger partial charge in [-0.1, -0.05) is 74.0 Å². The lowest BCUT2D eigenvalue weighted by atomic mass is 9.82. The molecule has 2 aromatic carbocycles. The smallest absolute Gasteiger partial charge is 0.326 e. The molecule has 0 unspecified atom stereocenters. The molecule has 1 fully saturated rings. The summed E-state index contributed by atoms with van der Waals surface area (Å²) >= 11 is 0. The van der Waals surface area contributed by atoms with Crippen molar-refractivity contribution in [2.75, 3.05) is 19.6 Å². The van der Waals surface area contributed by atoms with Gasteiger partial charge in [-0.05, 0) is 24.5 Å². The zero-order valence-electron chi connectivity index (χ0n) is 16.9. The maximum atomic E-state index is 13.6. The quantitative estimate of drug-likeness (QED) is 0.701. The predicted octanol–water partition coefficient (Wildman–Crippen LogP) is 3.13. The Balaban J connectivity index is 1.94. The Labute approximate surface area is 171 Å². The number of hydrogen-bond donors (Lipinski definition) is 1. The van der Waals surface area contributed by atoms with Gasteiger partial charge in [0.05, 0.1) is 0 Å². The van der Waals surface area contributed by atoms with Crippen LogP contribution in [0.5, 0.6) is 0 Å². The number of hydrogen-bond acceptors (Lipinski definition) is 3. The Morgan fingerprint density at radius 1 is 0.966 bits per heavy atom. The molecule has 6 heteroatoms. The Hall–Kier alpha value is -3.15. The summed E-state index contributed by atoms with van der Waals surface area (Å²) in [5.74, 6) is -0.652. The predicted molar refractivity (Wildman–Crippen MR) is 111 cm³/mol. The number of urea groups is 1. The van der Waals surface area contributed by atoms with E-state index in [2.05, 4.69) is 12.2 Å². The summed E-state index contributed by atoms with van der Waals surface area (Å²) in [5, 5.41) is 2.87. The summed E-state index contributed by atoms with van der Waals surface area (Å²) in [6.45, 7) is 4.87. The van der Waals surface area contributed by atoms with Gasteiger partial charge in [-0.25, -0.2) is 4.79 Å². The fourth-order valence-electron chi connectivity index (χ4n) is 3.70. The second-order valence-corrected chi connectivity index (χ2v) is 7.13. The highest BCUT2D eigenvalue weighted by Crippen LogP contribution is 2.35. The minimum Gasteiger partial charge on any atom is -0.341 e. The molecule has 152 valence electrons. The molecule has 1 saturated heterocycles. The van der Waals surface area contributed by atoms with Crippen LogP contribution in [0.4, 0.5) is 4.79 Å². The lowest BCUT2D eigenvalue weighted by molar-refractivity contribution is -0.138. The first-order valence-corrected chi connectivity index (χ1v) is 10.1. The van der Waals surface area contributed by atoms with Gasteiger partial charge in [0.2, 0.25) is 5.91 Å². The van der Waals surface area contributed by atoms with Gasteiger partial charge < -0.3 is 10.2 Å². The zero-order chi connectivity index (χ0) is 20.9. The third-order valence-corrected chi connectivity index (χ3v) is 5.33. The highest BCUT2D eigenvalue weighted by Gasteiger charge is 2.54. The van der Waals surface area contributed by atoms with Crippen molar-refractivity contribution in [2.45, 2.75) is 32.2 Å². The fourth-order valence-corrected chi connectivity index (χ4v) is 3.70. The molecule has 0 radical (unpaired) electrons. The molecule has 2 aromatic rings. The minimum absolute atomic E-state index is 0.221. The van der Waals surface area contributed by atoms with Crippen LogP contribution >= 0.6 is 0 Å². The van der Waals surface area contributed by atoms with Crippen molar-refractivity contribution >= 4 is 17.8 Å². The van der Waals surface area contributed by atoms with Crippen LogP contribution < -0.4 is 5.32 Å². The highest BCUT2D eigenvalue weighted by atomic mass is 16.2. The summed E-state index contributed by atoms with van der Waals surface area (Å²) in [6.07, 6.45) is 1.86. The van der Waals surface area contributed by atoms with Gasteiger partial charge >= 0.3 is 6.03 Å². The average Bonchev–Trinajstić information content (AvgIpc) is 3.01. The van der Waals surface area contributed by atoms with Gasteiger partial charge in [0.25, 0.3) is 5.91 Å². The van der Waals surface area contributed by atoms with Gasteiger partial charge in [0.15, 0.2) is 5.54 Å². The largest absolute Gasteiger partial charge is 0.341 e. The van der Waals surface area contributed by atoms with Crippen molar-refractivity contribution in [2.24, 2.45) is 0 Å². The van der Waals surface area contributed by atoms with Crippen LogP contribution in [0.15, 0.2) is 60.7 Å². The minimum atomic E-state index is -1.33. The van der Waals surface area contributed by atoms with Gasteiger partial charge in [-0.3, -0.25) is 14.5 Å². The van der Waals surface area contributed by atoms with Crippen LogP contribution in [0.25, 0.3) is 0 Å². The first kappa shape index (κ1) is 20.6. The monoisotopic (exact) mass is 393 g/mol. The van der Waals surface area contributed by atoms with Crippen LogP contribution in [-0.2, 0) is 15.1 Å². The molecule has 1 aliphatic rings. The number of likely N-dealkylation sites (N-methyl/N-ethyl adjacent to an activating group) is 1.